The predicted octanol–water partition coefficient (Wildman–Crippen LogP) is 5.88. The number of likely N-dealkylation sites (tertiary alicyclic amines) is 1. The highest BCUT2D eigenvalue weighted by Gasteiger charge is 2.49. The van der Waals surface area contributed by atoms with Gasteiger partial charge in [-0.3, -0.25) is 19.3 Å². The molecule has 0 bridgehead atoms. The van der Waals surface area contributed by atoms with Crippen molar-refractivity contribution in [3.05, 3.63) is 107 Å². The number of amides is 3. The Bertz CT molecular complexity index is 1400. The van der Waals surface area contributed by atoms with Crippen LogP contribution in [-0.4, -0.2) is 85.4 Å². The maximum Gasteiger partial charge on any atom is 0.261 e. The van der Waals surface area contributed by atoms with Crippen LogP contribution >= 0.6 is 0 Å². The number of quaternary nitrogens is 1. The third-order valence-corrected chi connectivity index (χ3v) is 10.3. The Kier molecular flexibility index (Phi) is 11.1. The molecule has 0 saturated carbocycles. The number of fused-ring (bicyclic) bond motifs is 1. The van der Waals surface area contributed by atoms with Crippen molar-refractivity contribution in [2.45, 2.75) is 56.8 Å². The Hall–Kier alpha value is -3.81. The van der Waals surface area contributed by atoms with E-state index in [-0.39, 0.29) is 23.6 Å². The van der Waals surface area contributed by atoms with Gasteiger partial charge in [0.05, 0.1) is 44.9 Å². The van der Waals surface area contributed by atoms with E-state index in [9.17, 15) is 14.4 Å². The molecular weight excluding hydrogens is 572 g/mol. The third kappa shape index (κ3) is 7.42. The first-order chi connectivity index (χ1) is 22.2. The number of likely N-dealkylation sites (N-methyl/N-ethyl adjacent to an activating group) is 1. The van der Waals surface area contributed by atoms with E-state index in [2.05, 4.69) is 43.3 Å². The van der Waals surface area contributed by atoms with Crippen LogP contribution < -0.4 is 5.73 Å². The predicted molar refractivity (Wildman–Crippen MR) is 183 cm³/mol. The zero-order chi connectivity index (χ0) is 32.6. The van der Waals surface area contributed by atoms with Gasteiger partial charge in [-0.15, -0.1) is 0 Å². The van der Waals surface area contributed by atoms with Crippen molar-refractivity contribution in [1.82, 2.24) is 9.80 Å². The number of primary amides is 1. The Morgan fingerprint density at radius 1 is 0.717 bits per heavy atom. The fraction of sp³-hybridized carbons (Fsp3) is 0.462. The molecule has 0 spiro atoms. The van der Waals surface area contributed by atoms with Gasteiger partial charge in [0.2, 0.25) is 5.91 Å². The van der Waals surface area contributed by atoms with Crippen molar-refractivity contribution in [1.29, 1.82) is 0 Å². The van der Waals surface area contributed by atoms with Crippen LogP contribution in [0, 0.1) is 5.92 Å². The van der Waals surface area contributed by atoms with Crippen LogP contribution in [0.3, 0.4) is 0 Å². The Morgan fingerprint density at radius 3 is 1.76 bits per heavy atom. The molecule has 0 aliphatic carbocycles. The van der Waals surface area contributed by atoms with Gasteiger partial charge in [-0.25, -0.2) is 0 Å². The molecule has 2 aliphatic heterocycles. The third-order valence-electron chi connectivity index (χ3n) is 10.3. The molecule has 5 rings (SSSR count). The molecule has 2 heterocycles. The SMILES string of the molecule is C[N+](C)(CCCCCCCCCN1CCC(C(C(N)=O)(c2ccccc2)c2ccccc2)C1)CCN1C(=O)c2ccccc2C1=O. The monoisotopic (exact) mass is 623 g/mol. The summed E-state index contributed by atoms with van der Waals surface area (Å²) in [5.41, 5.74) is 8.47. The summed E-state index contributed by atoms with van der Waals surface area (Å²) < 4.78 is 0.801. The number of unbranched alkanes of at least 4 members (excludes halogenated alkanes) is 6. The number of carbonyl (C=O) groups excluding carboxylic acids is 3. The standard InChI is InChI=1S/C39H50N4O3/c1-43(2,29-27-42-36(44)34-22-14-15-23-35(34)37(42)45)28-17-7-5-3-4-6-16-25-41-26-24-33(30-41)39(38(40)46,31-18-10-8-11-19-31)32-20-12-9-13-21-32/h8-15,18-23,33H,3-7,16-17,24-30H2,1-2H3,(H-,40,46)/p+1. The molecule has 0 aromatic heterocycles. The first-order valence-corrected chi connectivity index (χ1v) is 17.1. The lowest BCUT2D eigenvalue weighted by molar-refractivity contribution is -0.889. The number of hydrogen-bond donors (Lipinski definition) is 1. The number of benzene rings is 3. The number of imide groups is 1. The average molecular weight is 624 g/mol. The minimum Gasteiger partial charge on any atom is -0.369 e. The topological polar surface area (TPSA) is 83.7 Å². The van der Waals surface area contributed by atoms with Crippen molar-refractivity contribution < 1.29 is 18.9 Å². The summed E-state index contributed by atoms with van der Waals surface area (Å²) in [7, 11) is 4.38. The fourth-order valence-corrected chi connectivity index (χ4v) is 7.60. The first-order valence-electron chi connectivity index (χ1n) is 17.1. The van der Waals surface area contributed by atoms with Crippen LogP contribution in [0.2, 0.25) is 0 Å². The Labute approximate surface area is 275 Å². The van der Waals surface area contributed by atoms with Gasteiger partial charge in [-0.05, 0) is 68.0 Å². The number of nitrogens with two attached hydrogens (primary N) is 1. The average Bonchev–Trinajstić information content (AvgIpc) is 3.62. The van der Waals surface area contributed by atoms with Crippen molar-refractivity contribution in [3.8, 4) is 0 Å². The van der Waals surface area contributed by atoms with Gasteiger partial charge in [0.1, 0.15) is 5.41 Å². The molecule has 46 heavy (non-hydrogen) atoms. The Morgan fingerprint density at radius 2 is 1.22 bits per heavy atom. The second-order valence-corrected chi connectivity index (χ2v) is 13.9. The van der Waals surface area contributed by atoms with E-state index in [1.165, 1.54) is 43.4 Å². The van der Waals surface area contributed by atoms with E-state index >= 15 is 0 Å². The molecule has 1 unspecified atom stereocenters. The summed E-state index contributed by atoms with van der Waals surface area (Å²) in [6, 6.07) is 27.3. The fourth-order valence-electron chi connectivity index (χ4n) is 7.60. The number of rotatable bonds is 17. The molecule has 3 aromatic carbocycles. The molecule has 1 fully saturated rings. The summed E-state index contributed by atoms with van der Waals surface area (Å²) in [4.78, 5) is 42.6. The highest BCUT2D eigenvalue weighted by Crippen LogP contribution is 2.43. The van der Waals surface area contributed by atoms with Crippen molar-refractivity contribution in [3.63, 3.8) is 0 Å². The summed E-state index contributed by atoms with van der Waals surface area (Å²) in [6.45, 7) is 5.21. The van der Waals surface area contributed by atoms with E-state index in [4.69, 9.17) is 5.73 Å². The minimum atomic E-state index is -0.820. The van der Waals surface area contributed by atoms with E-state index in [0.29, 0.717) is 17.7 Å². The van der Waals surface area contributed by atoms with Gasteiger partial charge >= 0.3 is 0 Å². The number of carbonyl (C=O) groups is 3. The Balaban J connectivity index is 0.985. The lowest BCUT2D eigenvalue weighted by atomic mass is 9.64. The van der Waals surface area contributed by atoms with Crippen LogP contribution in [0.1, 0.15) is 83.2 Å². The van der Waals surface area contributed by atoms with E-state index in [1.807, 2.05) is 48.5 Å². The van der Waals surface area contributed by atoms with Gasteiger partial charge < -0.3 is 15.1 Å². The number of nitrogens with zero attached hydrogens (tertiary/aromatic N) is 3. The molecule has 2 aliphatic rings. The summed E-state index contributed by atoms with van der Waals surface area (Å²) in [5, 5.41) is 0. The van der Waals surface area contributed by atoms with Crippen LogP contribution in [-0.2, 0) is 10.2 Å². The molecule has 1 atom stereocenters. The van der Waals surface area contributed by atoms with Gasteiger partial charge in [-0.1, -0.05) is 98.5 Å². The molecular formula is C39H51N4O3+. The molecule has 7 nitrogen and oxygen atoms in total. The maximum atomic E-state index is 13.3. The zero-order valence-electron chi connectivity index (χ0n) is 27.7. The second-order valence-electron chi connectivity index (χ2n) is 13.9. The minimum absolute atomic E-state index is 0.144. The first kappa shape index (κ1) is 33.6. The summed E-state index contributed by atoms with van der Waals surface area (Å²) in [5.74, 6) is -0.446. The highest BCUT2D eigenvalue weighted by atomic mass is 16.2. The van der Waals surface area contributed by atoms with Crippen molar-refractivity contribution in [2.75, 3.05) is 53.4 Å². The molecule has 2 N–H and O–H groups in total. The van der Waals surface area contributed by atoms with Crippen LogP contribution in [0.4, 0.5) is 0 Å². The van der Waals surface area contributed by atoms with E-state index < -0.39 is 5.41 Å². The van der Waals surface area contributed by atoms with Gasteiger partial charge in [0.15, 0.2) is 0 Å². The normalized spacial score (nSPS) is 17.1. The van der Waals surface area contributed by atoms with Crippen molar-refractivity contribution >= 4 is 17.7 Å². The van der Waals surface area contributed by atoms with E-state index in [0.717, 1.165) is 61.2 Å². The van der Waals surface area contributed by atoms with Crippen LogP contribution in [0.25, 0.3) is 0 Å². The molecule has 3 aromatic rings. The summed E-state index contributed by atoms with van der Waals surface area (Å²) >= 11 is 0. The quantitative estimate of drug-likeness (QED) is 0.116. The highest BCUT2D eigenvalue weighted by molar-refractivity contribution is 6.21. The second kappa shape index (κ2) is 15.2. The molecule has 244 valence electrons. The van der Waals surface area contributed by atoms with E-state index in [1.54, 1.807) is 12.1 Å². The molecule has 7 heteroatoms. The zero-order valence-corrected chi connectivity index (χ0v) is 27.7. The van der Waals surface area contributed by atoms with Gasteiger partial charge in [-0.2, -0.15) is 0 Å². The largest absolute Gasteiger partial charge is 0.369 e. The smallest absolute Gasteiger partial charge is 0.261 e. The lowest BCUT2D eigenvalue weighted by Crippen LogP contribution is -2.49. The van der Waals surface area contributed by atoms with Gasteiger partial charge in [0, 0.05) is 6.54 Å². The van der Waals surface area contributed by atoms with Crippen LogP contribution in [0.15, 0.2) is 84.9 Å². The number of hydrogen-bond acceptors (Lipinski definition) is 4. The molecule has 1 saturated heterocycles. The molecule has 3 amide bonds. The lowest BCUT2D eigenvalue weighted by Gasteiger charge is -2.37. The van der Waals surface area contributed by atoms with Crippen LogP contribution in [0.5, 0.6) is 0 Å². The molecule has 0 radical (unpaired) electrons. The van der Waals surface area contributed by atoms with Gasteiger partial charge in [0.25, 0.3) is 11.8 Å². The maximum absolute atomic E-state index is 13.3. The van der Waals surface area contributed by atoms with Crippen molar-refractivity contribution in [2.24, 2.45) is 11.7 Å². The summed E-state index contributed by atoms with van der Waals surface area (Å²) in [6.07, 6.45) is 9.44.